The zero-order valence-electron chi connectivity index (χ0n) is 16.1. The third-order valence-electron chi connectivity index (χ3n) is 6.57. The monoisotopic (exact) mass is 390 g/mol. The van der Waals surface area contributed by atoms with Crippen molar-refractivity contribution < 1.29 is 13.2 Å². The minimum Gasteiger partial charge on any atom is -0.342 e. The molecule has 0 aromatic heterocycles. The van der Waals surface area contributed by atoms with E-state index < -0.39 is 15.4 Å². The SMILES string of the molecule is CC1N=NC2=C1C1(CN(S(=O)(=O)CC3CC3)C1)C1=C(CC(C)(C)CC1=O)N2. The van der Waals surface area contributed by atoms with Gasteiger partial charge in [-0.2, -0.15) is 9.42 Å². The Balaban J connectivity index is 1.53. The summed E-state index contributed by atoms with van der Waals surface area (Å²) >= 11 is 0. The van der Waals surface area contributed by atoms with Crippen molar-refractivity contribution in [3.05, 3.63) is 22.7 Å². The first-order chi connectivity index (χ1) is 12.6. The van der Waals surface area contributed by atoms with Crippen LogP contribution in [0.3, 0.4) is 0 Å². The molecule has 1 saturated heterocycles. The minimum atomic E-state index is -3.26. The van der Waals surface area contributed by atoms with E-state index in [-0.39, 0.29) is 23.0 Å². The van der Waals surface area contributed by atoms with Crippen molar-refractivity contribution in [2.24, 2.45) is 27.0 Å². The van der Waals surface area contributed by atoms with Gasteiger partial charge in [0, 0.05) is 36.4 Å². The number of rotatable bonds is 3. The second-order valence-corrected chi connectivity index (χ2v) is 11.7. The average molecular weight is 391 g/mol. The van der Waals surface area contributed by atoms with Crippen LogP contribution in [0.1, 0.15) is 46.5 Å². The van der Waals surface area contributed by atoms with Gasteiger partial charge in [0.25, 0.3) is 0 Å². The maximum atomic E-state index is 13.1. The molecule has 0 radical (unpaired) electrons. The van der Waals surface area contributed by atoms with Crippen LogP contribution < -0.4 is 5.32 Å². The number of hydrogen-bond donors (Lipinski definition) is 1. The number of fused-ring (bicyclic) bond motifs is 2. The number of hydrogen-bond acceptors (Lipinski definition) is 6. The molecule has 2 fully saturated rings. The van der Waals surface area contributed by atoms with Crippen molar-refractivity contribution in [1.29, 1.82) is 0 Å². The van der Waals surface area contributed by atoms with E-state index in [0.717, 1.165) is 41.9 Å². The molecule has 146 valence electrons. The summed E-state index contributed by atoms with van der Waals surface area (Å²) in [5, 5.41) is 12.0. The molecule has 0 aromatic carbocycles. The first kappa shape index (κ1) is 17.6. The summed E-state index contributed by atoms with van der Waals surface area (Å²) in [5.74, 6) is 1.42. The van der Waals surface area contributed by atoms with E-state index in [1.807, 2.05) is 6.92 Å². The van der Waals surface area contributed by atoms with E-state index in [4.69, 9.17) is 0 Å². The molecule has 3 heterocycles. The number of nitrogens with zero attached hydrogens (tertiary/aromatic N) is 3. The standard InChI is InChI=1S/C19H26N4O3S/c1-11-15-17(22-21-11)20-13-6-18(2,3)7-14(24)16(13)19(15)9-23(10-19)27(25,26)8-12-4-5-12/h11-12,20H,4-10H2,1-3H3. The normalized spacial score (nSPS) is 31.7. The first-order valence-electron chi connectivity index (χ1n) is 9.79. The topological polar surface area (TPSA) is 91.2 Å². The largest absolute Gasteiger partial charge is 0.342 e. The summed E-state index contributed by atoms with van der Waals surface area (Å²) in [6.07, 6.45) is 3.28. The molecule has 0 aromatic rings. The molecule has 1 spiro atoms. The Hall–Kier alpha value is -1.54. The number of Topliss-reactive ketones (excluding diaryl/α,β-unsaturated/α-hetero) is 1. The number of carbonyl (C=O) groups is 1. The lowest BCUT2D eigenvalue weighted by molar-refractivity contribution is -0.120. The molecule has 5 aliphatic rings. The number of nitrogens with one attached hydrogen (secondary N) is 1. The van der Waals surface area contributed by atoms with E-state index in [2.05, 4.69) is 29.4 Å². The maximum absolute atomic E-state index is 13.1. The van der Waals surface area contributed by atoms with Gasteiger partial charge in [-0.1, -0.05) is 13.8 Å². The highest BCUT2D eigenvalue weighted by atomic mass is 32.2. The third-order valence-corrected chi connectivity index (χ3v) is 8.51. The van der Waals surface area contributed by atoms with E-state index in [1.165, 1.54) is 0 Å². The number of azo groups is 1. The van der Waals surface area contributed by atoms with Crippen molar-refractivity contribution in [2.75, 3.05) is 18.8 Å². The number of ketones is 1. The van der Waals surface area contributed by atoms with Gasteiger partial charge in [-0.25, -0.2) is 8.42 Å². The Kier molecular flexibility index (Phi) is 3.44. The van der Waals surface area contributed by atoms with Crippen LogP contribution >= 0.6 is 0 Å². The molecule has 3 aliphatic heterocycles. The van der Waals surface area contributed by atoms with Gasteiger partial charge in [0.15, 0.2) is 11.6 Å². The molecular weight excluding hydrogens is 364 g/mol. The van der Waals surface area contributed by atoms with Crippen molar-refractivity contribution in [3.63, 3.8) is 0 Å². The van der Waals surface area contributed by atoms with Crippen LogP contribution in [0.4, 0.5) is 0 Å². The fourth-order valence-electron chi connectivity index (χ4n) is 5.20. The average Bonchev–Trinajstić information content (AvgIpc) is 3.22. The number of dihydropyridines is 1. The molecule has 1 unspecified atom stereocenters. The summed E-state index contributed by atoms with van der Waals surface area (Å²) in [6.45, 7) is 6.86. The molecule has 7 nitrogen and oxygen atoms in total. The second-order valence-electron chi connectivity index (χ2n) is 9.65. The van der Waals surface area contributed by atoms with Crippen LogP contribution in [0.5, 0.6) is 0 Å². The van der Waals surface area contributed by atoms with Crippen molar-refractivity contribution in [2.45, 2.75) is 52.5 Å². The van der Waals surface area contributed by atoms with Crippen LogP contribution in [0.2, 0.25) is 0 Å². The van der Waals surface area contributed by atoms with Crippen LogP contribution in [-0.2, 0) is 14.8 Å². The Bertz CT molecular complexity index is 934. The fraction of sp³-hybridized carbons (Fsp3) is 0.737. The van der Waals surface area contributed by atoms with Gasteiger partial charge >= 0.3 is 0 Å². The fourth-order valence-corrected chi connectivity index (χ4v) is 7.18. The smallest absolute Gasteiger partial charge is 0.214 e. The van der Waals surface area contributed by atoms with Gasteiger partial charge < -0.3 is 5.32 Å². The van der Waals surface area contributed by atoms with Crippen molar-refractivity contribution >= 4 is 15.8 Å². The van der Waals surface area contributed by atoms with Gasteiger partial charge in [-0.3, -0.25) is 4.79 Å². The zero-order chi connectivity index (χ0) is 19.2. The molecule has 8 heteroatoms. The van der Waals surface area contributed by atoms with Crippen molar-refractivity contribution in [1.82, 2.24) is 9.62 Å². The van der Waals surface area contributed by atoms with Crippen LogP contribution in [0.25, 0.3) is 0 Å². The summed E-state index contributed by atoms with van der Waals surface area (Å²) in [7, 11) is -3.26. The van der Waals surface area contributed by atoms with Crippen LogP contribution in [0.15, 0.2) is 32.9 Å². The Morgan fingerprint density at radius 1 is 1.22 bits per heavy atom. The Morgan fingerprint density at radius 3 is 2.59 bits per heavy atom. The van der Waals surface area contributed by atoms with Gasteiger partial charge in [-0.05, 0) is 37.5 Å². The van der Waals surface area contributed by atoms with Gasteiger partial charge in [0.05, 0.1) is 17.2 Å². The summed E-state index contributed by atoms with van der Waals surface area (Å²) < 4.78 is 27.1. The molecule has 5 rings (SSSR count). The predicted octanol–water partition coefficient (Wildman–Crippen LogP) is 2.34. The molecular formula is C19H26N4O3S. The molecule has 1 saturated carbocycles. The van der Waals surface area contributed by atoms with Crippen molar-refractivity contribution in [3.8, 4) is 0 Å². The molecule has 1 atom stereocenters. The van der Waals surface area contributed by atoms with E-state index in [0.29, 0.717) is 25.4 Å². The third kappa shape index (κ3) is 2.56. The molecule has 27 heavy (non-hydrogen) atoms. The summed E-state index contributed by atoms with van der Waals surface area (Å²) in [5.41, 5.74) is 2.04. The molecule has 0 amide bonds. The van der Waals surface area contributed by atoms with E-state index >= 15 is 0 Å². The minimum absolute atomic E-state index is 0.106. The quantitative estimate of drug-likeness (QED) is 0.801. The van der Waals surface area contributed by atoms with E-state index in [9.17, 15) is 13.2 Å². The highest BCUT2D eigenvalue weighted by molar-refractivity contribution is 7.89. The van der Waals surface area contributed by atoms with Crippen LogP contribution in [0, 0.1) is 16.7 Å². The maximum Gasteiger partial charge on any atom is 0.214 e. The number of allylic oxidation sites excluding steroid dienone is 1. The highest BCUT2D eigenvalue weighted by Crippen LogP contribution is 2.56. The molecule has 2 aliphatic carbocycles. The molecule has 0 bridgehead atoms. The predicted molar refractivity (Wildman–Crippen MR) is 100 cm³/mol. The number of sulfonamides is 1. The summed E-state index contributed by atoms with van der Waals surface area (Å²) in [6, 6.07) is -0.127. The Morgan fingerprint density at radius 2 is 1.93 bits per heavy atom. The van der Waals surface area contributed by atoms with Gasteiger partial charge in [0.2, 0.25) is 10.0 Å². The lowest BCUT2D eigenvalue weighted by atomic mass is 9.59. The molecule has 1 N–H and O–H groups in total. The van der Waals surface area contributed by atoms with E-state index in [1.54, 1.807) is 4.31 Å². The zero-order valence-corrected chi connectivity index (χ0v) is 16.9. The second kappa shape index (κ2) is 5.29. The lowest BCUT2D eigenvalue weighted by Crippen LogP contribution is -2.64. The van der Waals surface area contributed by atoms with Gasteiger partial charge in [-0.15, -0.1) is 5.11 Å². The first-order valence-corrected chi connectivity index (χ1v) is 11.4. The van der Waals surface area contributed by atoms with Gasteiger partial charge in [0.1, 0.15) is 0 Å². The van der Waals surface area contributed by atoms with Crippen LogP contribution in [-0.4, -0.2) is 43.4 Å². The summed E-state index contributed by atoms with van der Waals surface area (Å²) in [4.78, 5) is 13.1. The number of carbonyl (C=O) groups excluding carboxylic acids is 1. The highest BCUT2D eigenvalue weighted by Gasteiger charge is 2.60. The lowest BCUT2D eigenvalue weighted by Gasteiger charge is -2.55. The Labute approximate surface area is 160 Å².